The lowest BCUT2D eigenvalue weighted by molar-refractivity contribution is -0.152. The molecule has 19 heavy (non-hydrogen) atoms. The molecule has 1 aliphatic rings. The third-order valence-corrected chi connectivity index (χ3v) is 4.67. The predicted molar refractivity (Wildman–Crippen MR) is 79.6 cm³/mol. The van der Waals surface area contributed by atoms with E-state index < -0.39 is 11.5 Å². The molecule has 1 aromatic rings. The Kier molecular flexibility index (Phi) is 4.54. The average molecular weight is 347 g/mol. The molecule has 0 aromatic heterocycles. The summed E-state index contributed by atoms with van der Waals surface area (Å²) in [6.07, 6.45) is 3.24. The molecular formula is C14H17BrClNO2. The second-order valence-electron chi connectivity index (χ2n) is 5.05. The van der Waals surface area contributed by atoms with Gasteiger partial charge in [0.15, 0.2) is 0 Å². The molecule has 1 heterocycles. The lowest BCUT2D eigenvalue weighted by Gasteiger charge is -2.41. The van der Waals surface area contributed by atoms with Crippen LogP contribution < -0.4 is 0 Å². The van der Waals surface area contributed by atoms with Crippen LogP contribution in [0.1, 0.15) is 31.7 Å². The molecule has 2 rings (SSSR count). The highest BCUT2D eigenvalue weighted by molar-refractivity contribution is 9.10. The number of carboxylic acids is 1. The molecule has 1 atom stereocenters. The minimum Gasteiger partial charge on any atom is -0.480 e. The van der Waals surface area contributed by atoms with E-state index in [2.05, 4.69) is 15.9 Å². The molecular weight excluding hydrogens is 330 g/mol. The van der Waals surface area contributed by atoms with Crippen molar-refractivity contribution in [3.05, 3.63) is 33.3 Å². The molecule has 3 nitrogen and oxygen atoms in total. The molecule has 104 valence electrons. The summed E-state index contributed by atoms with van der Waals surface area (Å²) in [6, 6.07) is 5.39. The summed E-state index contributed by atoms with van der Waals surface area (Å²) in [5.74, 6) is -0.848. The number of benzene rings is 1. The molecule has 5 heteroatoms. The Morgan fingerprint density at radius 2 is 2.00 bits per heavy atom. The van der Waals surface area contributed by atoms with Gasteiger partial charge in [-0.2, -0.15) is 0 Å². The molecule has 1 unspecified atom stereocenters. The highest BCUT2D eigenvalue weighted by Gasteiger charge is 2.43. The molecule has 0 saturated carbocycles. The minimum absolute atomic E-state index is 0.491. The molecule has 1 aromatic carbocycles. The largest absolute Gasteiger partial charge is 0.480 e. The smallest absolute Gasteiger partial charge is 0.328 e. The summed E-state index contributed by atoms with van der Waals surface area (Å²) < 4.78 is 0.854. The fraction of sp³-hybridized carbons (Fsp3) is 0.500. The number of aliphatic carboxylic acids is 1. The Hall–Kier alpha value is -0.580. The summed E-state index contributed by atoms with van der Waals surface area (Å²) in [5, 5.41) is 10.2. The summed E-state index contributed by atoms with van der Waals surface area (Å²) in [7, 11) is 0. The number of carbonyl (C=O) groups is 1. The quantitative estimate of drug-likeness (QED) is 0.902. The van der Waals surface area contributed by atoms with Crippen molar-refractivity contribution in [2.75, 3.05) is 13.1 Å². The fourth-order valence-corrected chi connectivity index (χ4v) is 3.50. The molecule has 0 spiro atoms. The Balaban J connectivity index is 2.46. The van der Waals surface area contributed by atoms with Crippen LogP contribution in [-0.2, 0) is 10.3 Å². The fourth-order valence-electron chi connectivity index (χ4n) is 2.65. The first-order valence-corrected chi connectivity index (χ1v) is 7.57. The second-order valence-corrected chi connectivity index (χ2v) is 6.37. The lowest BCUT2D eigenvalue weighted by Crippen LogP contribution is -2.52. The van der Waals surface area contributed by atoms with E-state index in [-0.39, 0.29) is 0 Å². The highest BCUT2D eigenvalue weighted by Crippen LogP contribution is 2.36. The number of hydrogen-bond acceptors (Lipinski definition) is 2. The number of piperidine rings is 1. The first-order chi connectivity index (χ1) is 8.96. The SMILES string of the molecule is CC(C(=O)O)(c1ccc(Br)cc1Cl)N1CCCCC1. The van der Waals surface area contributed by atoms with Crippen LogP contribution in [0.5, 0.6) is 0 Å². The van der Waals surface area contributed by atoms with Crippen molar-refractivity contribution in [2.45, 2.75) is 31.7 Å². The van der Waals surface area contributed by atoms with Gasteiger partial charge >= 0.3 is 5.97 Å². The van der Waals surface area contributed by atoms with Crippen LogP contribution in [0.25, 0.3) is 0 Å². The zero-order chi connectivity index (χ0) is 14.0. The van der Waals surface area contributed by atoms with Crippen molar-refractivity contribution in [1.82, 2.24) is 4.90 Å². The number of nitrogens with zero attached hydrogens (tertiary/aromatic N) is 1. The van der Waals surface area contributed by atoms with Crippen LogP contribution in [0.2, 0.25) is 5.02 Å². The van der Waals surface area contributed by atoms with Gasteiger partial charge in [0.2, 0.25) is 0 Å². The molecule has 1 aliphatic heterocycles. The van der Waals surface area contributed by atoms with E-state index in [9.17, 15) is 9.90 Å². The van der Waals surface area contributed by atoms with Gasteiger partial charge < -0.3 is 5.11 Å². The number of carboxylic acid groups (broad SMARTS) is 1. The van der Waals surface area contributed by atoms with Crippen molar-refractivity contribution in [2.24, 2.45) is 0 Å². The molecule has 1 fully saturated rings. The van der Waals surface area contributed by atoms with Crippen molar-refractivity contribution in [1.29, 1.82) is 0 Å². The van der Waals surface area contributed by atoms with Gasteiger partial charge in [-0.1, -0.05) is 40.0 Å². The van der Waals surface area contributed by atoms with E-state index in [1.807, 2.05) is 11.0 Å². The van der Waals surface area contributed by atoms with E-state index >= 15 is 0 Å². The van der Waals surface area contributed by atoms with Crippen molar-refractivity contribution in [3.8, 4) is 0 Å². The number of hydrogen-bond donors (Lipinski definition) is 1. The number of rotatable bonds is 3. The van der Waals surface area contributed by atoms with Crippen molar-refractivity contribution < 1.29 is 9.90 Å². The second kappa shape index (κ2) is 5.81. The molecule has 0 radical (unpaired) electrons. The topological polar surface area (TPSA) is 40.5 Å². The summed E-state index contributed by atoms with van der Waals surface area (Å²) in [4.78, 5) is 13.9. The Morgan fingerprint density at radius 1 is 1.37 bits per heavy atom. The first-order valence-electron chi connectivity index (χ1n) is 6.40. The standard InChI is InChI=1S/C14H17BrClNO2/c1-14(13(18)19,17-7-3-2-4-8-17)11-6-5-10(15)9-12(11)16/h5-6,9H,2-4,7-8H2,1H3,(H,18,19). The Bertz CT molecular complexity index is 488. The molecule has 0 aliphatic carbocycles. The summed E-state index contributed by atoms with van der Waals surface area (Å²) in [6.45, 7) is 3.35. The number of halogens is 2. The van der Waals surface area contributed by atoms with Gasteiger partial charge in [-0.15, -0.1) is 0 Å². The van der Waals surface area contributed by atoms with Gasteiger partial charge in [0, 0.05) is 15.1 Å². The normalized spacial score (nSPS) is 19.9. The van der Waals surface area contributed by atoms with Crippen LogP contribution in [0, 0.1) is 0 Å². The maximum absolute atomic E-state index is 11.8. The van der Waals surface area contributed by atoms with Crippen molar-refractivity contribution in [3.63, 3.8) is 0 Å². The lowest BCUT2D eigenvalue weighted by atomic mass is 9.88. The maximum atomic E-state index is 11.8. The van der Waals surface area contributed by atoms with Gasteiger partial charge in [-0.25, -0.2) is 4.79 Å². The zero-order valence-electron chi connectivity index (χ0n) is 10.8. The molecule has 1 N–H and O–H groups in total. The average Bonchev–Trinajstić information content (AvgIpc) is 2.38. The van der Waals surface area contributed by atoms with Gasteiger partial charge in [-0.05, 0) is 45.0 Å². The van der Waals surface area contributed by atoms with E-state index in [0.29, 0.717) is 10.6 Å². The number of likely N-dealkylation sites (tertiary alicyclic amines) is 1. The van der Waals surface area contributed by atoms with Gasteiger partial charge in [0.25, 0.3) is 0 Å². The summed E-state index contributed by atoms with van der Waals surface area (Å²) in [5.41, 5.74) is -0.398. The van der Waals surface area contributed by atoms with E-state index in [0.717, 1.165) is 30.4 Å². The van der Waals surface area contributed by atoms with Crippen LogP contribution >= 0.6 is 27.5 Å². The Morgan fingerprint density at radius 3 is 2.53 bits per heavy atom. The molecule has 1 saturated heterocycles. The first kappa shape index (κ1) is 14.8. The predicted octanol–water partition coefficient (Wildman–Crippen LogP) is 3.89. The Labute approximate surface area is 126 Å². The van der Waals surface area contributed by atoms with Gasteiger partial charge in [0.05, 0.1) is 0 Å². The van der Waals surface area contributed by atoms with E-state index in [1.165, 1.54) is 6.42 Å². The van der Waals surface area contributed by atoms with Crippen molar-refractivity contribution >= 4 is 33.5 Å². The summed E-state index contributed by atoms with van der Waals surface area (Å²) >= 11 is 9.61. The maximum Gasteiger partial charge on any atom is 0.328 e. The molecule has 0 bridgehead atoms. The monoisotopic (exact) mass is 345 g/mol. The van der Waals surface area contributed by atoms with Crippen LogP contribution in [-0.4, -0.2) is 29.1 Å². The third kappa shape index (κ3) is 2.81. The van der Waals surface area contributed by atoms with E-state index in [1.54, 1.807) is 19.1 Å². The van der Waals surface area contributed by atoms with Gasteiger partial charge in [0.1, 0.15) is 5.54 Å². The molecule has 0 amide bonds. The van der Waals surface area contributed by atoms with Gasteiger partial charge in [-0.3, -0.25) is 4.90 Å². The van der Waals surface area contributed by atoms with Crippen LogP contribution in [0.15, 0.2) is 22.7 Å². The zero-order valence-corrected chi connectivity index (χ0v) is 13.2. The highest BCUT2D eigenvalue weighted by atomic mass is 79.9. The van der Waals surface area contributed by atoms with Crippen LogP contribution in [0.4, 0.5) is 0 Å². The van der Waals surface area contributed by atoms with E-state index in [4.69, 9.17) is 11.6 Å². The van der Waals surface area contributed by atoms with Crippen LogP contribution in [0.3, 0.4) is 0 Å². The third-order valence-electron chi connectivity index (χ3n) is 3.86. The minimum atomic E-state index is -1.06.